The van der Waals surface area contributed by atoms with Crippen molar-refractivity contribution in [2.75, 3.05) is 5.73 Å². The van der Waals surface area contributed by atoms with E-state index in [1.54, 1.807) is 6.07 Å². The third kappa shape index (κ3) is 4.55. The molecule has 0 spiro atoms. The second-order valence-electron chi connectivity index (χ2n) is 10.7. The lowest BCUT2D eigenvalue weighted by Gasteiger charge is -2.28. The zero-order valence-corrected chi connectivity index (χ0v) is 21.9. The molecule has 7 rings (SSSR count). The van der Waals surface area contributed by atoms with E-state index in [0.29, 0.717) is 16.8 Å². The monoisotopic (exact) mass is 555 g/mol. The lowest BCUT2D eigenvalue weighted by Crippen LogP contribution is -2.17. The summed E-state index contributed by atoms with van der Waals surface area (Å²) in [6.07, 6.45) is -1.89. The first-order chi connectivity index (χ1) is 19.7. The van der Waals surface area contributed by atoms with Crippen molar-refractivity contribution < 1.29 is 27.0 Å². The number of ether oxygens (including phenoxy) is 2. The number of rotatable bonds is 6. The van der Waals surface area contributed by atoms with Gasteiger partial charge < -0.3 is 15.2 Å². The summed E-state index contributed by atoms with van der Waals surface area (Å²) in [4.78, 5) is 0. The Morgan fingerprint density at radius 1 is 0.780 bits per heavy atom. The van der Waals surface area contributed by atoms with Crippen LogP contribution in [-0.4, -0.2) is 6.36 Å². The fourth-order valence-electron chi connectivity index (χ4n) is 6.05. The summed E-state index contributed by atoms with van der Waals surface area (Å²) >= 11 is 0. The molecule has 2 N–H and O–H groups in total. The highest BCUT2D eigenvalue weighted by molar-refractivity contribution is 6.26. The van der Waals surface area contributed by atoms with E-state index in [2.05, 4.69) is 16.9 Å². The van der Waals surface area contributed by atoms with Crippen molar-refractivity contribution >= 4 is 38.0 Å². The molecule has 6 aromatic rings. The summed E-state index contributed by atoms with van der Waals surface area (Å²) in [6.45, 7) is -0.109. The molecule has 0 atom stereocenters. The van der Waals surface area contributed by atoms with Crippen LogP contribution in [-0.2, 0) is 6.61 Å². The SMILES string of the molecule is Nc1cc2ccc3cccc4c(-c5ccc(C6CCC6)c(OCc6cccc(OC(F)(F)F)c6)c5F)cc(c1)c2c34. The standard InChI is InChI=1S/C34H25F4NO2/c35-32-28(29-17-23-16-24(39)15-22-11-10-21-7-3-9-27(29)31(21)30(22)23)13-12-26(20-5-2-6-20)33(32)40-18-19-4-1-8-25(14-19)41-34(36,37)38/h1,3-4,7-17,20H,2,5-6,18,39H2. The van der Waals surface area contributed by atoms with E-state index in [0.717, 1.165) is 62.7 Å². The molecule has 0 saturated heterocycles. The molecule has 0 amide bonds. The molecule has 1 aliphatic carbocycles. The molecular formula is C34H25F4NO2. The minimum absolute atomic E-state index is 0.109. The Bertz CT molecular complexity index is 1930. The second-order valence-corrected chi connectivity index (χ2v) is 10.7. The van der Waals surface area contributed by atoms with Gasteiger partial charge in [-0.05, 0) is 92.5 Å². The zero-order valence-electron chi connectivity index (χ0n) is 21.9. The Morgan fingerprint density at radius 2 is 1.56 bits per heavy atom. The van der Waals surface area contributed by atoms with Crippen molar-refractivity contribution in [2.45, 2.75) is 38.1 Å². The normalized spacial score (nSPS) is 14.1. The van der Waals surface area contributed by atoms with Crippen LogP contribution in [0.15, 0.2) is 84.9 Å². The van der Waals surface area contributed by atoms with Crippen molar-refractivity contribution in [3.05, 3.63) is 102 Å². The molecule has 1 aliphatic rings. The lowest BCUT2D eigenvalue weighted by atomic mass is 9.79. The summed E-state index contributed by atoms with van der Waals surface area (Å²) in [6, 6.07) is 25.2. The predicted molar refractivity (Wildman–Crippen MR) is 154 cm³/mol. The topological polar surface area (TPSA) is 44.5 Å². The minimum Gasteiger partial charge on any atom is -0.486 e. The molecule has 3 nitrogen and oxygen atoms in total. The van der Waals surface area contributed by atoms with Crippen molar-refractivity contribution in [2.24, 2.45) is 0 Å². The van der Waals surface area contributed by atoms with Crippen LogP contribution in [0.3, 0.4) is 0 Å². The first-order valence-electron chi connectivity index (χ1n) is 13.5. The Hall–Kier alpha value is -4.52. The zero-order chi connectivity index (χ0) is 28.3. The number of benzene rings is 6. The highest BCUT2D eigenvalue weighted by atomic mass is 19.4. The van der Waals surface area contributed by atoms with Gasteiger partial charge in [-0.3, -0.25) is 0 Å². The number of nitrogen functional groups attached to an aromatic ring is 1. The lowest BCUT2D eigenvalue weighted by molar-refractivity contribution is -0.274. The number of halogens is 4. The van der Waals surface area contributed by atoms with E-state index in [-0.39, 0.29) is 24.0 Å². The third-order valence-corrected chi connectivity index (χ3v) is 8.08. The molecule has 41 heavy (non-hydrogen) atoms. The molecule has 1 saturated carbocycles. The van der Waals surface area contributed by atoms with Crippen LogP contribution in [0.2, 0.25) is 0 Å². The summed E-state index contributed by atoms with van der Waals surface area (Å²) in [5.41, 5.74) is 9.19. The quantitative estimate of drug-likeness (QED) is 0.126. The van der Waals surface area contributed by atoms with Gasteiger partial charge in [-0.25, -0.2) is 4.39 Å². The van der Waals surface area contributed by atoms with E-state index in [4.69, 9.17) is 10.5 Å². The fraction of sp³-hybridized carbons (Fsp3) is 0.176. The number of anilines is 1. The van der Waals surface area contributed by atoms with E-state index in [1.165, 1.54) is 18.2 Å². The third-order valence-electron chi connectivity index (χ3n) is 8.08. The molecule has 0 unspecified atom stereocenters. The number of nitrogens with two attached hydrogens (primary N) is 1. The fourth-order valence-corrected chi connectivity index (χ4v) is 6.05. The number of hydrogen-bond acceptors (Lipinski definition) is 3. The first-order valence-corrected chi connectivity index (χ1v) is 13.5. The Morgan fingerprint density at radius 3 is 2.34 bits per heavy atom. The average Bonchev–Trinajstić information content (AvgIpc) is 2.89. The van der Waals surface area contributed by atoms with Crippen LogP contribution in [0.4, 0.5) is 23.2 Å². The number of hydrogen-bond donors (Lipinski definition) is 1. The molecule has 0 heterocycles. The predicted octanol–water partition coefficient (Wildman–Crippen LogP) is 9.72. The molecule has 206 valence electrons. The summed E-state index contributed by atoms with van der Waals surface area (Å²) in [5, 5.41) is 6.05. The highest BCUT2D eigenvalue weighted by Gasteiger charge is 2.31. The van der Waals surface area contributed by atoms with E-state index in [9.17, 15) is 13.2 Å². The molecule has 0 aliphatic heterocycles. The largest absolute Gasteiger partial charge is 0.573 e. The average molecular weight is 556 g/mol. The van der Waals surface area contributed by atoms with Crippen molar-refractivity contribution in [3.8, 4) is 22.6 Å². The van der Waals surface area contributed by atoms with Crippen LogP contribution >= 0.6 is 0 Å². The first kappa shape index (κ1) is 25.4. The summed E-state index contributed by atoms with van der Waals surface area (Å²) in [5.74, 6) is -0.523. The molecule has 0 radical (unpaired) electrons. The summed E-state index contributed by atoms with van der Waals surface area (Å²) in [7, 11) is 0. The molecule has 7 heteroatoms. The van der Waals surface area contributed by atoms with Gasteiger partial charge in [0.25, 0.3) is 0 Å². The van der Waals surface area contributed by atoms with E-state index < -0.39 is 12.2 Å². The maximum atomic E-state index is 16.6. The van der Waals surface area contributed by atoms with Gasteiger partial charge in [0.05, 0.1) is 0 Å². The van der Waals surface area contributed by atoms with Crippen molar-refractivity contribution in [1.82, 2.24) is 0 Å². The minimum atomic E-state index is -4.80. The van der Waals surface area contributed by atoms with Crippen molar-refractivity contribution in [1.29, 1.82) is 0 Å². The number of alkyl halides is 3. The van der Waals surface area contributed by atoms with Gasteiger partial charge in [0.15, 0.2) is 11.6 Å². The van der Waals surface area contributed by atoms with E-state index >= 15 is 4.39 Å². The van der Waals surface area contributed by atoms with E-state index in [1.807, 2.05) is 48.5 Å². The molecule has 0 aromatic heterocycles. The van der Waals surface area contributed by atoms with Crippen molar-refractivity contribution in [3.63, 3.8) is 0 Å². The smallest absolute Gasteiger partial charge is 0.486 e. The Balaban J connectivity index is 1.35. The molecule has 1 fully saturated rings. The van der Waals surface area contributed by atoms with Gasteiger partial charge in [0.2, 0.25) is 0 Å². The van der Waals surface area contributed by atoms with Crippen LogP contribution in [0.25, 0.3) is 43.4 Å². The Kier molecular flexibility index (Phi) is 5.92. The second kappa shape index (κ2) is 9.54. The maximum absolute atomic E-state index is 16.6. The Labute approximate surface area is 233 Å². The molecule has 6 aromatic carbocycles. The van der Waals surface area contributed by atoms with Gasteiger partial charge >= 0.3 is 6.36 Å². The van der Waals surface area contributed by atoms with Gasteiger partial charge in [-0.2, -0.15) is 0 Å². The molecule has 0 bridgehead atoms. The van der Waals surface area contributed by atoms with Gasteiger partial charge in [0.1, 0.15) is 12.4 Å². The summed E-state index contributed by atoms with van der Waals surface area (Å²) < 4.78 is 65.0. The van der Waals surface area contributed by atoms with Crippen LogP contribution in [0.1, 0.15) is 36.3 Å². The maximum Gasteiger partial charge on any atom is 0.573 e. The van der Waals surface area contributed by atoms with Crippen LogP contribution in [0, 0.1) is 5.82 Å². The van der Waals surface area contributed by atoms with Gasteiger partial charge in [-0.15, -0.1) is 13.2 Å². The van der Waals surface area contributed by atoms with Crippen LogP contribution < -0.4 is 15.2 Å². The van der Waals surface area contributed by atoms with Crippen LogP contribution in [0.5, 0.6) is 11.5 Å². The van der Waals surface area contributed by atoms with Gasteiger partial charge in [-0.1, -0.05) is 61.0 Å². The molecular weight excluding hydrogens is 530 g/mol. The van der Waals surface area contributed by atoms with Gasteiger partial charge in [0, 0.05) is 16.8 Å². The highest BCUT2D eigenvalue weighted by Crippen LogP contribution is 2.47.